The molecule has 6 aromatic carbocycles. The molecule has 0 radical (unpaired) electrons. The van der Waals surface area contributed by atoms with Crippen LogP contribution in [0.25, 0.3) is 55.7 Å². The Labute approximate surface area is 375 Å². The van der Waals surface area contributed by atoms with Crippen molar-refractivity contribution in [1.82, 2.24) is 9.88 Å². The Morgan fingerprint density at radius 2 is 1.36 bits per heavy atom. The number of anilines is 2. The number of fused-ring (bicyclic) bond motifs is 7. The van der Waals surface area contributed by atoms with Crippen molar-refractivity contribution in [3.8, 4) is 39.1 Å². The van der Waals surface area contributed by atoms with Crippen molar-refractivity contribution in [2.75, 3.05) is 4.90 Å². The third kappa shape index (κ3) is 6.74. The van der Waals surface area contributed by atoms with Crippen LogP contribution >= 0.6 is 0 Å². The summed E-state index contributed by atoms with van der Waals surface area (Å²) in [5.41, 5.74) is 19.2. The molecule has 308 valence electrons. The van der Waals surface area contributed by atoms with Gasteiger partial charge in [-0.3, -0.25) is 4.99 Å². The van der Waals surface area contributed by atoms with Crippen molar-refractivity contribution in [3.63, 3.8) is 0 Å². The number of rotatable bonds is 7. The van der Waals surface area contributed by atoms with Gasteiger partial charge in [0, 0.05) is 50.9 Å². The fourth-order valence-electron chi connectivity index (χ4n) is 10.4. The number of para-hydroxylation sites is 2. The lowest BCUT2D eigenvalue weighted by molar-refractivity contribution is 0.669. The highest BCUT2D eigenvalue weighted by Gasteiger charge is 2.38. The summed E-state index contributed by atoms with van der Waals surface area (Å²) in [7, 11) is 0. The molecule has 0 saturated carbocycles. The summed E-state index contributed by atoms with van der Waals surface area (Å²) in [6.07, 6.45) is 29.1. The number of hydrogen-bond donors (Lipinski definition) is 1. The highest BCUT2D eigenvalue weighted by Crippen LogP contribution is 2.52. The average molecular weight is 825 g/mol. The van der Waals surface area contributed by atoms with Crippen LogP contribution in [0, 0.1) is 0 Å². The zero-order chi connectivity index (χ0) is 42.4. The Hall–Kier alpha value is -7.69. The molecule has 3 atom stereocenters. The van der Waals surface area contributed by atoms with Crippen LogP contribution in [0.1, 0.15) is 42.9 Å². The molecule has 3 unspecified atom stereocenters. The van der Waals surface area contributed by atoms with Crippen LogP contribution in [0.2, 0.25) is 0 Å². The molecule has 0 fully saturated rings. The molecule has 4 nitrogen and oxygen atoms in total. The predicted octanol–water partition coefficient (Wildman–Crippen LogP) is 14.6. The van der Waals surface area contributed by atoms with Gasteiger partial charge in [0.25, 0.3) is 0 Å². The van der Waals surface area contributed by atoms with Crippen molar-refractivity contribution in [2.24, 2.45) is 4.99 Å². The summed E-state index contributed by atoms with van der Waals surface area (Å²) in [5, 5.41) is 5.10. The van der Waals surface area contributed by atoms with Gasteiger partial charge in [-0.25, -0.2) is 0 Å². The number of hydrogen-bond acceptors (Lipinski definition) is 3. The Balaban J connectivity index is 0.953. The summed E-state index contributed by atoms with van der Waals surface area (Å²) >= 11 is 0. The second kappa shape index (κ2) is 16.2. The number of aromatic nitrogens is 1. The van der Waals surface area contributed by atoms with Crippen molar-refractivity contribution < 1.29 is 0 Å². The largest absolute Gasteiger partial charge is 0.360 e. The van der Waals surface area contributed by atoms with Gasteiger partial charge in [-0.05, 0) is 113 Å². The number of nitrogens with one attached hydrogen (secondary N) is 1. The van der Waals surface area contributed by atoms with Crippen molar-refractivity contribution in [2.45, 2.75) is 43.8 Å². The Bertz CT molecular complexity index is 3200. The maximum absolute atomic E-state index is 5.26. The SMILES string of the molecule is C1=CCCC(C2N=C(C3=CCCC=C3)C=C(c3cccc(-c4cccc(N5c6ccccc6-c6c(n(-c7ccc(-c8ccccc8)cc7)c7ccccc67)C6C=CC=CC65)c4)c3)N2)=C1. The monoisotopic (exact) mass is 824 g/mol. The Morgan fingerprint density at radius 1 is 0.594 bits per heavy atom. The van der Waals surface area contributed by atoms with Gasteiger partial charge >= 0.3 is 0 Å². The molecule has 3 aliphatic carbocycles. The molecule has 0 bridgehead atoms. The van der Waals surface area contributed by atoms with E-state index in [2.05, 4.69) is 233 Å². The minimum absolute atomic E-state index is 0.0268. The first-order chi connectivity index (χ1) is 31.7. The van der Waals surface area contributed by atoms with E-state index in [-0.39, 0.29) is 18.1 Å². The molecule has 1 N–H and O–H groups in total. The van der Waals surface area contributed by atoms with Crippen LogP contribution in [0.5, 0.6) is 0 Å². The van der Waals surface area contributed by atoms with Gasteiger partial charge in [-0.1, -0.05) is 170 Å². The van der Waals surface area contributed by atoms with Gasteiger partial charge in [-0.15, -0.1) is 0 Å². The van der Waals surface area contributed by atoms with Crippen molar-refractivity contribution in [3.05, 3.63) is 241 Å². The molecular weight excluding hydrogens is 777 g/mol. The van der Waals surface area contributed by atoms with E-state index in [1.54, 1.807) is 0 Å². The van der Waals surface area contributed by atoms with E-state index in [9.17, 15) is 0 Å². The lowest BCUT2D eigenvalue weighted by Gasteiger charge is -2.36. The number of aliphatic imine (C=N–C) groups is 1. The molecule has 0 spiro atoms. The van der Waals surface area contributed by atoms with Crippen LogP contribution in [0.4, 0.5) is 11.4 Å². The Morgan fingerprint density at radius 3 is 2.22 bits per heavy atom. The topological polar surface area (TPSA) is 32.6 Å². The molecule has 2 aliphatic heterocycles. The summed E-state index contributed by atoms with van der Waals surface area (Å²) in [5.74, 6) is 0.0672. The van der Waals surface area contributed by atoms with E-state index in [0.29, 0.717) is 0 Å². The first-order valence-electron chi connectivity index (χ1n) is 22.8. The number of nitrogens with zero attached hydrogens (tertiary/aromatic N) is 3. The predicted molar refractivity (Wildman–Crippen MR) is 268 cm³/mol. The van der Waals surface area contributed by atoms with E-state index in [1.807, 2.05) is 0 Å². The molecule has 4 heteroatoms. The third-order valence-electron chi connectivity index (χ3n) is 13.5. The normalized spacial score (nSPS) is 19.7. The van der Waals surface area contributed by atoms with E-state index in [4.69, 9.17) is 4.99 Å². The Kier molecular flexibility index (Phi) is 9.63. The van der Waals surface area contributed by atoms with Crippen molar-refractivity contribution >= 4 is 33.7 Å². The second-order valence-corrected chi connectivity index (χ2v) is 17.3. The lowest BCUT2D eigenvalue weighted by Crippen LogP contribution is -2.35. The second-order valence-electron chi connectivity index (χ2n) is 17.3. The van der Waals surface area contributed by atoms with Gasteiger partial charge < -0.3 is 14.8 Å². The minimum Gasteiger partial charge on any atom is -0.360 e. The van der Waals surface area contributed by atoms with E-state index >= 15 is 0 Å². The summed E-state index contributed by atoms with van der Waals surface area (Å²) < 4.78 is 2.53. The smallest absolute Gasteiger partial charge is 0.141 e. The lowest BCUT2D eigenvalue weighted by atomic mass is 9.88. The molecule has 12 rings (SSSR count). The fraction of sp³-hybridized carbons (Fsp3) is 0.117. The van der Waals surface area contributed by atoms with Crippen LogP contribution in [-0.2, 0) is 0 Å². The van der Waals surface area contributed by atoms with Crippen LogP contribution in [0.3, 0.4) is 0 Å². The maximum Gasteiger partial charge on any atom is 0.141 e. The van der Waals surface area contributed by atoms with Gasteiger partial charge in [0.15, 0.2) is 0 Å². The number of allylic oxidation sites excluding steroid dienone is 10. The quantitative estimate of drug-likeness (QED) is 0.174. The van der Waals surface area contributed by atoms with Crippen LogP contribution in [0.15, 0.2) is 235 Å². The molecule has 0 saturated heterocycles. The van der Waals surface area contributed by atoms with Gasteiger partial charge in [-0.2, -0.15) is 0 Å². The molecule has 1 aromatic heterocycles. The maximum atomic E-state index is 5.26. The molecule has 3 heterocycles. The van der Waals surface area contributed by atoms with Gasteiger partial charge in [0.2, 0.25) is 0 Å². The summed E-state index contributed by atoms with van der Waals surface area (Å²) in [6, 6.07) is 55.9. The van der Waals surface area contributed by atoms with E-state index in [0.717, 1.165) is 54.0 Å². The molecule has 64 heavy (non-hydrogen) atoms. The summed E-state index contributed by atoms with van der Waals surface area (Å²) in [6.45, 7) is 0. The van der Waals surface area contributed by atoms with Gasteiger partial charge in [0.05, 0.1) is 17.3 Å². The molecule has 5 aliphatic rings. The van der Waals surface area contributed by atoms with E-state index in [1.165, 1.54) is 66.8 Å². The molecular formula is C60H48N4. The molecule has 7 aromatic rings. The zero-order valence-corrected chi connectivity index (χ0v) is 35.7. The van der Waals surface area contributed by atoms with Gasteiger partial charge in [0.1, 0.15) is 6.17 Å². The molecule has 0 amide bonds. The van der Waals surface area contributed by atoms with Crippen LogP contribution in [-0.4, -0.2) is 22.5 Å². The number of benzene rings is 6. The highest BCUT2D eigenvalue weighted by atomic mass is 15.2. The van der Waals surface area contributed by atoms with Crippen molar-refractivity contribution in [1.29, 1.82) is 0 Å². The average Bonchev–Trinajstić information content (AvgIpc) is 3.66. The fourth-order valence-corrected chi connectivity index (χ4v) is 10.4. The highest BCUT2D eigenvalue weighted by molar-refractivity contribution is 6.14. The van der Waals surface area contributed by atoms with E-state index < -0.39 is 0 Å². The minimum atomic E-state index is -0.0939. The van der Waals surface area contributed by atoms with Crippen LogP contribution < -0.4 is 10.2 Å². The first-order valence-corrected chi connectivity index (χ1v) is 22.8. The zero-order valence-electron chi connectivity index (χ0n) is 35.7. The third-order valence-corrected chi connectivity index (χ3v) is 13.5. The summed E-state index contributed by atoms with van der Waals surface area (Å²) in [4.78, 5) is 7.85. The first kappa shape index (κ1) is 38.0. The standard InChI is InChI=1S/C60H48N4/c1-4-18-41(19-5-1)42-34-36-48(37-35-42)64-56-32-14-11-29-51(56)58-50-28-10-13-31-55(50)63(57-33-15-12-30-52(57)59(58)64)49-27-17-25-46(39-49)45-24-16-26-47(38-45)54-40-53(43-20-6-2-7-21-43)61-60(62-54)44-22-8-3-9-23-44/h1,3-6,8,10-22,24-40,52,57,60,62H,2,7,9,23H2.